The first-order chi connectivity index (χ1) is 7.84. The highest BCUT2D eigenvalue weighted by molar-refractivity contribution is 7.99. The second-order valence-corrected chi connectivity index (χ2v) is 5.98. The zero-order chi connectivity index (χ0) is 11.0. The van der Waals surface area contributed by atoms with E-state index in [0.717, 1.165) is 37.3 Å². The number of aromatic nitrogens is 1. The summed E-state index contributed by atoms with van der Waals surface area (Å²) in [7, 11) is 0. The summed E-state index contributed by atoms with van der Waals surface area (Å²) in [5.41, 5.74) is 2.30. The van der Waals surface area contributed by atoms with E-state index >= 15 is 0 Å². The van der Waals surface area contributed by atoms with Crippen molar-refractivity contribution in [3.63, 3.8) is 0 Å². The van der Waals surface area contributed by atoms with Gasteiger partial charge in [-0.3, -0.25) is 4.79 Å². The molecule has 0 radical (unpaired) electrons. The molecule has 1 saturated heterocycles. The summed E-state index contributed by atoms with van der Waals surface area (Å²) >= 11 is 2.06. The first kappa shape index (κ1) is 10.5. The van der Waals surface area contributed by atoms with Crippen LogP contribution in [0.4, 0.5) is 0 Å². The Balaban J connectivity index is 1.82. The van der Waals surface area contributed by atoms with Gasteiger partial charge in [0.2, 0.25) is 0 Å². The zero-order valence-corrected chi connectivity index (χ0v) is 10.3. The molecule has 1 fully saturated rings. The number of hydrogen-bond donors (Lipinski definition) is 0. The van der Waals surface area contributed by atoms with Gasteiger partial charge in [-0.2, -0.15) is 11.8 Å². The molecule has 0 N–H and O–H groups in total. The van der Waals surface area contributed by atoms with E-state index in [2.05, 4.69) is 22.5 Å². The van der Waals surface area contributed by atoms with Crippen molar-refractivity contribution in [1.29, 1.82) is 0 Å². The summed E-state index contributed by atoms with van der Waals surface area (Å²) in [6.07, 6.45) is 6.34. The molecule has 0 spiro atoms. The largest absolute Gasteiger partial charge is 0.350 e. The van der Waals surface area contributed by atoms with Gasteiger partial charge < -0.3 is 4.57 Å². The summed E-state index contributed by atoms with van der Waals surface area (Å²) in [4.78, 5) is 11.7. The standard InChI is InChI=1S/C13H17NOS/c15-13-3-1-2-12-11(13)4-6-14(12)8-10-5-7-16-9-10/h4,6,10H,1-3,5,7-9H2. The number of thioether (sulfide) groups is 1. The van der Waals surface area contributed by atoms with E-state index in [1.807, 2.05) is 6.07 Å². The Morgan fingerprint density at radius 2 is 2.38 bits per heavy atom. The van der Waals surface area contributed by atoms with E-state index in [0.29, 0.717) is 5.78 Å². The average molecular weight is 235 g/mol. The van der Waals surface area contributed by atoms with Gasteiger partial charge in [-0.25, -0.2) is 0 Å². The molecule has 2 heterocycles. The van der Waals surface area contributed by atoms with Crippen molar-refractivity contribution in [2.75, 3.05) is 11.5 Å². The molecule has 0 aromatic carbocycles. The second kappa shape index (κ2) is 4.28. The zero-order valence-electron chi connectivity index (χ0n) is 9.45. The van der Waals surface area contributed by atoms with Crippen LogP contribution >= 0.6 is 11.8 Å². The monoisotopic (exact) mass is 235 g/mol. The summed E-state index contributed by atoms with van der Waals surface area (Å²) in [5, 5.41) is 0. The minimum atomic E-state index is 0.348. The normalized spacial score (nSPS) is 24.8. The van der Waals surface area contributed by atoms with Crippen molar-refractivity contribution in [2.45, 2.75) is 32.2 Å². The Kier molecular flexibility index (Phi) is 2.80. The van der Waals surface area contributed by atoms with Gasteiger partial charge >= 0.3 is 0 Å². The molecular formula is C13H17NOS. The van der Waals surface area contributed by atoms with Gasteiger partial charge in [0, 0.05) is 30.4 Å². The average Bonchev–Trinajstić information content (AvgIpc) is 2.90. The third kappa shape index (κ3) is 1.81. The lowest BCUT2D eigenvalue weighted by molar-refractivity contribution is 0.0971. The van der Waals surface area contributed by atoms with Crippen molar-refractivity contribution < 1.29 is 4.79 Å². The molecule has 0 amide bonds. The van der Waals surface area contributed by atoms with Crippen LogP contribution in [0.3, 0.4) is 0 Å². The lowest BCUT2D eigenvalue weighted by Gasteiger charge is -2.17. The summed E-state index contributed by atoms with van der Waals surface area (Å²) in [5.74, 6) is 3.77. The molecule has 0 saturated carbocycles. The van der Waals surface area contributed by atoms with Crippen LogP contribution in [0, 0.1) is 5.92 Å². The van der Waals surface area contributed by atoms with Gasteiger partial charge in [-0.05, 0) is 42.8 Å². The van der Waals surface area contributed by atoms with Crippen molar-refractivity contribution in [2.24, 2.45) is 5.92 Å². The van der Waals surface area contributed by atoms with Crippen LogP contribution in [0.25, 0.3) is 0 Å². The van der Waals surface area contributed by atoms with Gasteiger partial charge in [0.05, 0.1) is 0 Å². The lowest BCUT2D eigenvalue weighted by atomic mass is 9.96. The van der Waals surface area contributed by atoms with E-state index in [9.17, 15) is 4.79 Å². The number of carbonyl (C=O) groups is 1. The van der Waals surface area contributed by atoms with Crippen molar-refractivity contribution in [3.8, 4) is 0 Å². The Bertz CT molecular complexity index is 404. The molecule has 2 aliphatic rings. The van der Waals surface area contributed by atoms with Gasteiger partial charge in [-0.15, -0.1) is 0 Å². The maximum atomic E-state index is 11.7. The molecule has 1 aliphatic heterocycles. The molecule has 1 aromatic heterocycles. The lowest BCUT2D eigenvalue weighted by Crippen LogP contribution is -2.16. The van der Waals surface area contributed by atoms with Crippen LogP contribution in [0.2, 0.25) is 0 Å². The number of nitrogens with zero attached hydrogens (tertiary/aromatic N) is 1. The first-order valence-electron chi connectivity index (χ1n) is 6.13. The predicted molar refractivity (Wildman–Crippen MR) is 67.1 cm³/mol. The molecule has 0 bridgehead atoms. The highest BCUT2D eigenvalue weighted by Gasteiger charge is 2.22. The van der Waals surface area contributed by atoms with Crippen LogP contribution in [0.15, 0.2) is 12.3 Å². The Morgan fingerprint density at radius 1 is 1.44 bits per heavy atom. The number of rotatable bonds is 2. The van der Waals surface area contributed by atoms with Gasteiger partial charge in [0.25, 0.3) is 0 Å². The SMILES string of the molecule is O=C1CCCc2c1ccn2CC1CCSC1. The maximum Gasteiger partial charge on any atom is 0.164 e. The Hall–Kier alpha value is -0.700. The highest BCUT2D eigenvalue weighted by Crippen LogP contribution is 2.28. The van der Waals surface area contributed by atoms with Crippen molar-refractivity contribution in [1.82, 2.24) is 4.57 Å². The molecule has 3 rings (SSSR count). The van der Waals surface area contributed by atoms with Gasteiger partial charge in [-0.1, -0.05) is 0 Å². The predicted octanol–water partition coefficient (Wildman–Crippen LogP) is 2.76. The number of Topliss-reactive ketones (excluding diaryl/α,β-unsaturated/α-hetero) is 1. The molecule has 1 aromatic rings. The first-order valence-corrected chi connectivity index (χ1v) is 7.29. The van der Waals surface area contributed by atoms with Crippen molar-refractivity contribution >= 4 is 17.5 Å². The fourth-order valence-corrected chi connectivity index (χ4v) is 4.04. The number of carbonyl (C=O) groups excluding carboxylic acids is 1. The smallest absolute Gasteiger partial charge is 0.164 e. The van der Waals surface area contributed by atoms with Gasteiger partial charge in [0.1, 0.15) is 0 Å². The molecule has 86 valence electrons. The van der Waals surface area contributed by atoms with E-state index < -0.39 is 0 Å². The fraction of sp³-hybridized carbons (Fsp3) is 0.615. The molecule has 3 heteroatoms. The Morgan fingerprint density at radius 3 is 3.19 bits per heavy atom. The van der Waals surface area contributed by atoms with E-state index in [4.69, 9.17) is 0 Å². The van der Waals surface area contributed by atoms with E-state index in [1.165, 1.54) is 23.6 Å². The van der Waals surface area contributed by atoms with Gasteiger partial charge in [0.15, 0.2) is 5.78 Å². The fourth-order valence-electron chi connectivity index (χ4n) is 2.77. The topological polar surface area (TPSA) is 22.0 Å². The summed E-state index contributed by atoms with van der Waals surface area (Å²) < 4.78 is 2.34. The van der Waals surface area contributed by atoms with E-state index in [1.54, 1.807) is 0 Å². The third-order valence-corrected chi connectivity index (χ3v) is 4.91. The molecule has 2 nitrogen and oxygen atoms in total. The van der Waals surface area contributed by atoms with Crippen LogP contribution in [-0.4, -0.2) is 21.9 Å². The number of hydrogen-bond acceptors (Lipinski definition) is 2. The molecule has 1 aliphatic carbocycles. The van der Waals surface area contributed by atoms with Crippen LogP contribution in [0.1, 0.15) is 35.3 Å². The number of fused-ring (bicyclic) bond motifs is 1. The van der Waals surface area contributed by atoms with Crippen molar-refractivity contribution in [3.05, 3.63) is 23.5 Å². The quantitative estimate of drug-likeness (QED) is 0.786. The molecule has 16 heavy (non-hydrogen) atoms. The summed E-state index contributed by atoms with van der Waals surface area (Å²) in [6.45, 7) is 1.12. The number of ketones is 1. The molecule has 1 unspecified atom stereocenters. The van der Waals surface area contributed by atoms with Crippen LogP contribution in [-0.2, 0) is 13.0 Å². The second-order valence-electron chi connectivity index (χ2n) is 4.83. The molecule has 1 atom stereocenters. The summed E-state index contributed by atoms with van der Waals surface area (Å²) in [6, 6.07) is 2.03. The van der Waals surface area contributed by atoms with Crippen LogP contribution < -0.4 is 0 Å². The highest BCUT2D eigenvalue weighted by atomic mass is 32.2. The van der Waals surface area contributed by atoms with E-state index in [-0.39, 0.29) is 0 Å². The maximum absolute atomic E-state index is 11.7. The minimum Gasteiger partial charge on any atom is -0.350 e. The van der Waals surface area contributed by atoms with Crippen LogP contribution in [0.5, 0.6) is 0 Å². The molecular weight excluding hydrogens is 218 g/mol. The minimum absolute atomic E-state index is 0.348. The Labute approximate surface area is 100 Å². The third-order valence-electron chi connectivity index (χ3n) is 3.68.